The second-order valence-corrected chi connectivity index (χ2v) is 15.5. The van der Waals surface area contributed by atoms with Crippen LogP contribution in [0.5, 0.6) is 0 Å². The number of benzene rings is 1. The molecule has 1 saturated heterocycles. The Morgan fingerprint density at radius 3 is 2.28 bits per heavy atom. The number of aliphatic hydroxyl groups is 4. The summed E-state index contributed by atoms with van der Waals surface area (Å²) in [7, 11) is 0. The summed E-state index contributed by atoms with van der Waals surface area (Å²) in [6.07, 6.45) is -5.24. The van der Waals surface area contributed by atoms with Gasteiger partial charge in [0.15, 0.2) is 11.9 Å². The molecule has 12 heteroatoms. The molecule has 1 radical (unpaired) electrons. The summed E-state index contributed by atoms with van der Waals surface area (Å²) in [6, 6.07) is 7.20. The molecule has 5 rings (SSSR count). The van der Waals surface area contributed by atoms with Crippen LogP contribution in [-0.4, -0.2) is 86.1 Å². The molecule has 1 heterocycles. The number of carbonyl (C=O) groups is 3. The first-order valence-electron chi connectivity index (χ1n) is 16.1. The molecule has 3 aliphatic carbocycles. The van der Waals surface area contributed by atoms with Gasteiger partial charge in [-0.1, -0.05) is 58.0 Å². The van der Waals surface area contributed by atoms with Crippen LogP contribution in [0.3, 0.4) is 0 Å². The summed E-state index contributed by atoms with van der Waals surface area (Å²) in [5.41, 5.74) is -5.07. The van der Waals surface area contributed by atoms with Crippen LogP contribution in [0.2, 0.25) is 0 Å². The van der Waals surface area contributed by atoms with Crippen LogP contribution in [0.1, 0.15) is 86.3 Å². The van der Waals surface area contributed by atoms with Gasteiger partial charge in [0.05, 0.1) is 24.4 Å². The molecular weight excluding hydrogens is 821 g/mol. The van der Waals surface area contributed by atoms with Crippen LogP contribution in [0, 0.1) is 66.7 Å². The molecule has 8 unspecified atom stereocenters. The maximum atomic E-state index is 14.2. The number of aliphatic hydroxyl groups excluding tert-OH is 2. The topological polar surface area (TPSA) is 172 Å². The molecule has 257 valence electrons. The number of carbonyl (C=O) groups excluding carboxylic acids is 3. The summed E-state index contributed by atoms with van der Waals surface area (Å²) < 4.78 is 17.0. The Bertz CT molecular complexity index is 1420. The Morgan fingerprint density at radius 2 is 1.72 bits per heavy atom. The van der Waals surface area contributed by atoms with Crippen LogP contribution in [-0.2, 0) is 23.8 Å². The zero-order valence-corrected chi connectivity index (χ0v) is 33.3. The summed E-state index contributed by atoms with van der Waals surface area (Å²) in [5, 5.41) is 50.3. The molecule has 47 heavy (non-hydrogen) atoms. The number of rotatable bonds is 5. The van der Waals surface area contributed by atoms with Crippen molar-refractivity contribution < 1.29 is 93.1 Å². The third kappa shape index (κ3) is 6.28. The van der Waals surface area contributed by atoms with Gasteiger partial charge < -0.3 is 40.0 Å². The number of ketones is 1. The fourth-order valence-corrected chi connectivity index (χ4v) is 8.93. The fourth-order valence-electron chi connectivity index (χ4n) is 8.93. The van der Waals surface area contributed by atoms with E-state index in [0.29, 0.717) is 24.0 Å². The van der Waals surface area contributed by atoms with E-state index in [1.807, 2.05) is 0 Å². The molecule has 3 fully saturated rings. The monoisotopic (exact) mass is 870 g/mol. The van der Waals surface area contributed by atoms with E-state index in [-0.39, 0.29) is 62.7 Å². The van der Waals surface area contributed by atoms with Gasteiger partial charge >= 0.3 is 12.1 Å². The minimum Gasteiger partial charge on any atom is -0.456 e. The Kier molecular flexibility index (Phi) is 10.7. The van der Waals surface area contributed by atoms with Gasteiger partial charge in [0.25, 0.3) is 0 Å². The molecule has 11 nitrogen and oxygen atoms in total. The zero-order chi connectivity index (χ0) is 34.2. The van der Waals surface area contributed by atoms with Crippen LogP contribution < -0.4 is 5.32 Å². The van der Waals surface area contributed by atoms with Gasteiger partial charge in [0, 0.05) is 67.2 Å². The number of fused-ring (bicyclic) bond motifs is 5. The quantitative estimate of drug-likeness (QED) is 0.219. The Labute approximate surface area is 312 Å². The van der Waals surface area contributed by atoms with E-state index >= 15 is 0 Å². The van der Waals surface area contributed by atoms with Crippen LogP contribution in [0.15, 0.2) is 41.5 Å². The standard InChI is InChI=1S/C35H49NO10.Ac/c1-18-21(45-29(40)26(38)24(20-12-10-9-11-13-20)36-30(41)46-31(3,4)5)16-35(43)19(2)27-33(8,15-14-22-34(27,42)17-44-22)28(39)25(37)23(18)32(35,6)7;/h9-13,19,21-22,24-27,37-38,42-43H,14-17H2,1-8H3,(H,36,41);/t19-,21?,22?,24?,25?,26?,27?,33+,34?,35?;/m0./s1. The van der Waals surface area contributed by atoms with Crippen molar-refractivity contribution in [2.24, 2.45) is 22.7 Å². The molecule has 2 saturated carbocycles. The third-order valence-electron chi connectivity index (χ3n) is 11.4. The van der Waals surface area contributed by atoms with Crippen molar-refractivity contribution in [2.75, 3.05) is 6.61 Å². The third-order valence-corrected chi connectivity index (χ3v) is 11.4. The number of Topliss-reactive ketones (excluding diaryl/α,β-unsaturated/α-hetero) is 1. The van der Waals surface area contributed by atoms with Crippen molar-refractivity contribution in [3.63, 3.8) is 0 Å². The maximum Gasteiger partial charge on any atom is 0.408 e. The molecule has 2 bridgehead atoms. The minimum atomic E-state index is -1.87. The summed E-state index contributed by atoms with van der Waals surface area (Å²) in [5.74, 6) is -2.97. The van der Waals surface area contributed by atoms with Gasteiger partial charge in [-0.2, -0.15) is 0 Å². The first-order valence-corrected chi connectivity index (χ1v) is 16.1. The largest absolute Gasteiger partial charge is 0.456 e. The van der Waals surface area contributed by atoms with Crippen LogP contribution in [0.4, 0.5) is 4.79 Å². The number of alkyl carbamates (subject to hydrolysis) is 1. The van der Waals surface area contributed by atoms with Crippen molar-refractivity contribution in [2.45, 2.75) is 122 Å². The van der Waals surface area contributed by atoms with E-state index < -0.39 is 87.8 Å². The molecule has 5 N–H and O–H groups in total. The maximum absolute atomic E-state index is 14.2. The van der Waals surface area contributed by atoms with Crippen molar-refractivity contribution in [3.8, 4) is 0 Å². The van der Waals surface area contributed by atoms with Crippen LogP contribution in [0.25, 0.3) is 0 Å². The average molecular weight is 871 g/mol. The predicted molar refractivity (Wildman–Crippen MR) is 166 cm³/mol. The van der Waals surface area contributed by atoms with Gasteiger partial charge in [-0.15, -0.1) is 0 Å². The van der Waals surface area contributed by atoms with E-state index in [1.54, 1.807) is 85.7 Å². The average Bonchev–Trinajstić information content (AvgIpc) is 2.95. The molecule has 4 aliphatic rings. The van der Waals surface area contributed by atoms with E-state index in [4.69, 9.17) is 14.2 Å². The van der Waals surface area contributed by atoms with Crippen molar-refractivity contribution >= 4 is 17.8 Å². The molecular formula is C35H49AcNO10. The Morgan fingerprint density at radius 1 is 1.11 bits per heavy atom. The van der Waals surface area contributed by atoms with Crippen molar-refractivity contribution in [3.05, 3.63) is 47.0 Å². The number of hydrogen-bond donors (Lipinski definition) is 5. The van der Waals surface area contributed by atoms with Gasteiger partial charge in [-0.25, -0.2) is 9.59 Å². The SMILES string of the molecule is CC1=C2C(O)C(=O)[C@]3(C)CCC4OCC4(O)C3[C@H](C)C(O)(CC1OC(=O)C(O)C(NC(=O)OC(C)(C)C)c1ccccc1)C2(C)C.[Ac]. The Hall–Kier alpha value is -1.39. The smallest absolute Gasteiger partial charge is 0.408 e. The number of esters is 1. The van der Waals surface area contributed by atoms with Crippen molar-refractivity contribution in [1.82, 2.24) is 5.32 Å². The predicted octanol–water partition coefficient (Wildman–Crippen LogP) is 3.13. The van der Waals surface area contributed by atoms with Gasteiger partial charge in [0.2, 0.25) is 0 Å². The second-order valence-electron chi connectivity index (χ2n) is 15.5. The summed E-state index contributed by atoms with van der Waals surface area (Å²) in [6.45, 7) is 13.8. The molecule has 1 aromatic rings. The van der Waals surface area contributed by atoms with Gasteiger partial charge in [-0.05, 0) is 63.2 Å². The molecule has 0 aromatic heterocycles. The fraction of sp³-hybridized carbons (Fsp3) is 0.686. The summed E-state index contributed by atoms with van der Waals surface area (Å²) >= 11 is 0. The van der Waals surface area contributed by atoms with Gasteiger partial charge in [-0.3, -0.25) is 4.79 Å². The van der Waals surface area contributed by atoms with Gasteiger partial charge in [0.1, 0.15) is 23.4 Å². The number of ether oxygens (including phenoxy) is 3. The molecule has 1 aliphatic heterocycles. The van der Waals surface area contributed by atoms with E-state index in [1.165, 1.54) is 0 Å². The second kappa shape index (κ2) is 13.1. The number of amides is 1. The molecule has 1 aromatic carbocycles. The molecule has 10 atom stereocenters. The van der Waals surface area contributed by atoms with Crippen LogP contribution >= 0.6 is 0 Å². The Balaban J connectivity index is 0.00000500. The number of hydrogen-bond acceptors (Lipinski definition) is 10. The van der Waals surface area contributed by atoms with E-state index in [0.717, 1.165) is 0 Å². The normalized spacial score (nSPS) is 37.4. The first-order chi connectivity index (χ1) is 21.2. The summed E-state index contributed by atoms with van der Waals surface area (Å²) in [4.78, 5) is 40.6. The zero-order valence-electron chi connectivity index (χ0n) is 28.6. The number of nitrogens with one attached hydrogen (secondary N) is 1. The minimum absolute atomic E-state index is 0. The van der Waals surface area contributed by atoms with E-state index in [9.17, 15) is 34.8 Å². The molecule has 1 amide bonds. The molecule has 0 spiro atoms. The first kappa shape index (κ1) is 38.4. The van der Waals surface area contributed by atoms with E-state index in [2.05, 4.69) is 5.32 Å². The van der Waals surface area contributed by atoms with Crippen molar-refractivity contribution in [1.29, 1.82) is 0 Å².